The van der Waals surface area contributed by atoms with E-state index in [0.29, 0.717) is 18.9 Å². The fourth-order valence-corrected chi connectivity index (χ4v) is 7.33. The first-order valence-corrected chi connectivity index (χ1v) is 18.5. The summed E-state index contributed by atoms with van der Waals surface area (Å²) < 4.78 is 34.0. The molecule has 3 heterocycles. The van der Waals surface area contributed by atoms with Crippen LogP contribution in [0.4, 0.5) is 8.78 Å². The van der Waals surface area contributed by atoms with Crippen LogP contribution < -0.4 is 16.0 Å². The number of nitrogens with zero attached hydrogens (tertiary/aromatic N) is 3. The number of nitrogens with one attached hydrogen (secondary N) is 3. The first-order chi connectivity index (χ1) is 25.7. The lowest BCUT2D eigenvalue weighted by molar-refractivity contribution is -0.158. The number of esters is 1. The number of fused-ring (bicyclic) bond motifs is 2. The maximum absolute atomic E-state index is 14.3. The Morgan fingerprint density at radius 1 is 0.926 bits per heavy atom. The average molecular weight is 755 g/mol. The molecule has 1 unspecified atom stereocenters. The Morgan fingerprint density at radius 3 is 2.26 bits per heavy atom. The van der Waals surface area contributed by atoms with Gasteiger partial charge in [0.05, 0.1) is 0 Å². The van der Waals surface area contributed by atoms with Crippen molar-refractivity contribution in [2.75, 3.05) is 26.7 Å². The van der Waals surface area contributed by atoms with E-state index in [4.69, 9.17) is 4.74 Å². The van der Waals surface area contributed by atoms with Gasteiger partial charge in [0, 0.05) is 32.6 Å². The van der Waals surface area contributed by atoms with E-state index in [1.807, 2.05) is 6.08 Å². The summed E-state index contributed by atoms with van der Waals surface area (Å²) in [6.45, 7) is 2.64. The van der Waals surface area contributed by atoms with Gasteiger partial charge in [-0.1, -0.05) is 18.2 Å². The third kappa shape index (κ3) is 9.68. The molecule has 3 N–H and O–H groups in total. The molecule has 0 radical (unpaired) electrons. The molecule has 3 saturated heterocycles. The second kappa shape index (κ2) is 17.8. The summed E-state index contributed by atoms with van der Waals surface area (Å²) in [4.78, 5) is 98.9. The maximum atomic E-state index is 14.3. The van der Waals surface area contributed by atoms with E-state index in [-0.39, 0.29) is 43.8 Å². The number of halogens is 2. The molecule has 5 rings (SSSR count). The Kier molecular flexibility index (Phi) is 13.2. The molecule has 1 aliphatic carbocycles. The van der Waals surface area contributed by atoms with Gasteiger partial charge in [0.2, 0.25) is 35.4 Å². The van der Waals surface area contributed by atoms with Gasteiger partial charge >= 0.3 is 5.97 Å². The van der Waals surface area contributed by atoms with Crippen molar-refractivity contribution in [3.05, 3.63) is 59.7 Å². The van der Waals surface area contributed by atoms with Crippen molar-refractivity contribution in [1.29, 1.82) is 0 Å². The van der Waals surface area contributed by atoms with Gasteiger partial charge in [-0.2, -0.15) is 0 Å². The number of cyclic esters (lactones) is 1. The highest BCUT2D eigenvalue weighted by Crippen LogP contribution is 2.24. The molecular weight excluding hydrogens is 706 g/mol. The first kappa shape index (κ1) is 40.0. The molecule has 0 bridgehead atoms. The molecule has 6 amide bonds. The van der Waals surface area contributed by atoms with E-state index < -0.39 is 95.9 Å². The second-order valence-corrected chi connectivity index (χ2v) is 14.4. The molecule has 1 aromatic carbocycles. The second-order valence-electron chi connectivity index (χ2n) is 14.4. The third-order valence-corrected chi connectivity index (χ3v) is 10.5. The highest BCUT2D eigenvalue weighted by molar-refractivity contribution is 5.98. The molecule has 292 valence electrons. The number of benzene rings is 1. The highest BCUT2D eigenvalue weighted by Gasteiger charge is 2.43. The Morgan fingerprint density at radius 2 is 1.59 bits per heavy atom. The molecule has 4 aliphatic rings. The number of hydrogen-bond donors (Lipinski definition) is 3. The summed E-state index contributed by atoms with van der Waals surface area (Å²) in [5, 5.41) is 7.78. The quantitative estimate of drug-likeness (QED) is 0.212. The molecule has 7 atom stereocenters. The molecule has 3 fully saturated rings. The monoisotopic (exact) mass is 754 g/mol. The van der Waals surface area contributed by atoms with E-state index in [0.717, 1.165) is 31.4 Å². The molecule has 14 nitrogen and oxygen atoms in total. The van der Waals surface area contributed by atoms with E-state index in [2.05, 4.69) is 22.0 Å². The molecule has 0 spiro atoms. The number of allylic oxidation sites excluding steroid dienone is 3. The number of rotatable bonds is 7. The Hall–Kier alpha value is -5.15. The van der Waals surface area contributed by atoms with Gasteiger partial charge in [0.25, 0.3) is 0 Å². The number of carbonyl (C=O) groups is 7. The molecular formula is C38H48F2N6O8. The smallest absolute Gasteiger partial charge is 0.328 e. The van der Waals surface area contributed by atoms with E-state index in [1.54, 1.807) is 6.08 Å². The average Bonchev–Trinajstić information content (AvgIpc) is 3.84. The van der Waals surface area contributed by atoms with Gasteiger partial charge in [-0.05, 0) is 88.5 Å². The fraction of sp³-hybridized carbons (Fsp3) is 0.553. The number of likely N-dealkylation sites (N-methyl/N-ethyl adjacent to an activating group) is 1. The minimum Gasteiger partial charge on any atom is -0.461 e. The molecule has 3 aliphatic heterocycles. The van der Waals surface area contributed by atoms with Gasteiger partial charge in [0.1, 0.15) is 54.5 Å². The summed E-state index contributed by atoms with van der Waals surface area (Å²) in [7, 11) is 1.42. The van der Waals surface area contributed by atoms with Gasteiger partial charge in [-0.25, -0.2) is 13.6 Å². The molecule has 1 aromatic rings. The van der Waals surface area contributed by atoms with Gasteiger partial charge in [-0.15, -0.1) is 0 Å². The van der Waals surface area contributed by atoms with Crippen LogP contribution in [0.5, 0.6) is 0 Å². The Bertz CT molecular complexity index is 1680. The minimum absolute atomic E-state index is 0.0525. The van der Waals surface area contributed by atoms with Crippen LogP contribution in [0.3, 0.4) is 0 Å². The van der Waals surface area contributed by atoms with Crippen molar-refractivity contribution in [1.82, 2.24) is 30.7 Å². The van der Waals surface area contributed by atoms with Crippen LogP contribution in [0.1, 0.15) is 64.4 Å². The van der Waals surface area contributed by atoms with E-state index in [9.17, 15) is 42.3 Å². The van der Waals surface area contributed by atoms with Crippen molar-refractivity contribution in [2.45, 2.75) is 101 Å². The Labute approximate surface area is 312 Å². The molecule has 0 saturated carbocycles. The molecule has 16 heteroatoms. The standard InChI is InChI=1S/C38H48F2N6O8/c1-22-35(50)46-16-8-12-31(46)38(53)54-21-29(36(51)45-15-7-11-30(45)37(52)44(3)23(2)33(48)41-22)43-34(49)28(19-25-17-26(39)20-27(40)18-25)42-32(47)14-13-24-9-5-4-6-10-24/h4-5,13-14,17-18,20,22-24,28-31H,6-12,15-16,19,21H2,1-3H3,(H,41,48)(H,42,47)(H,43,49)/b14-13+/t22-,23-,24?,28-,29-,30-,31-/m0/s1. The lowest BCUT2D eigenvalue weighted by Crippen LogP contribution is -2.60. The zero-order valence-corrected chi connectivity index (χ0v) is 30.7. The van der Waals surface area contributed by atoms with Crippen molar-refractivity contribution in [2.24, 2.45) is 5.92 Å². The predicted molar refractivity (Wildman–Crippen MR) is 190 cm³/mol. The largest absolute Gasteiger partial charge is 0.461 e. The van der Waals surface area contributed by atoms with Crippen LogP contribution in [-0.2, 0) is 44.7 Å². The van der Waals surface area contributed by atoms with Crippen molar-refractivity contribution >= 4 is 41.4 Å². The van der Waals surface area contributed by atoms with Gasteiger partial charge in [0.15, 0.2) is 0 Å². The van der Waals surface area contributed by atoms with Crippen LogP contribution in [0.25, 0.3) is 0 Å². The molecule has 54 heavy (non-hydrogen) atoms. The summed E-state index contributed by atoms with van der Waals surface area (Å²) in [5.74, 6) is -6.51. The summed E-state index contributed by atoms with van der Waals surface area (Å²) in [6, 6.07) is -4.37. The zero-order chi connectivity index (χ0) is 39.1. The van der Waals surface area contributed by atoms with Crippen molar-refractivity contribution in [3.8, 4) is 0 Å². The van der Waals surface area contributed by atoms with Crippen molar-refractivity contribution < 1.29 is 47.1 Å². The highest BCUT2D eigenvalue weighted by atomic mass is 19.1. The van der Waals surface area contributed by atoms with Crippen LogP contribution in [0.15, 0.2) is 42.5 Å². The summed E-state index contributed by atoms with van der Waals surface area (Å²) in [6.07, 6.45) is 10.6. The summed E-state index contributed by atoms with van der Waals surface area (Å²) in [5.41, 5.74) is 0.0525. The Balaban J connectivity index is 1.44. The van der Waals surface area contributed by atoms with Gasteiger partial charge in [-0.3, -0.25) is 28.8 Å². The number of amides is 6. The fourth-order valence-electron chi connectivity index (χ4n) is 7.33. The normalized spacial score (nSPS) is 27.7. The topological polar surface area (TPSA) is 175 Å². The van der Waals surface area contributed by atoms with Crippen LogP contribution >= 0.6 is 0 Å². The number of ether oxygens (including phenoxy) is 1. The first-order valence-electron chi connectivity index (χ1n) is 18.5. The third-order valence-electron chi connectivity index (χ3n) is 10.5. The van der Waals surface area contributed by atoms with Crippen molar-refractivity contribution in [3.63, 3.8) is 0 Å². The predicted octanol–water partition coefficient (Wildman–Crippen LogP) is 1.28. The SMILES string of the molecule is C[C@@H]1NC(=O)[C@H](C)N(C)C(=O)[C@@H]2CCCN2C(=O)[C@@H](NC(=O)[C@H](Cc2cc(F)cc(F)c2)NC(=O)/C=C/C2CC=CCC2)COC(=O)[C@@H]2CCCN2C1=O. The molecule has 0 aromatic heterocycles. The number of hydrogen-bond acceptors (Lipinski definition) is 8. The van der Waals surface area contributed by atoms with E-state index >= 15 is 0 Å². The van der Waals surface area contributed by atoms with E-state index in [1.165, 1.54) is 41.7 Å². The lowest BCUT2D eigenvalue weighted by Gasteiger charge is -2.34. The zero-order valence-electron chi connectivity index (χ0n) is 30.7. The van der Waals surface area contributed by atoms with Crippen LogP contribution in [0, 0.1) is 17.6 Å². The summed E-state index contributed by atoms with van der Waals surface area (Å²) >= 11 is 0. The van der Waals surface area contributed by atoms with Crippen LogP contribution in [0.2, 0.25) is 0 Å². The van der Waals surface area contributed by atoms with Gasteiger partial charge < -0.3 is 35.4 Å². The maximum Gasteiger partial charge on any atom is 0.328 e. The lowest BCUT2D eigenvalue weighted by atomic mass is 9.94. The van der Waals surface area contributed by atoms with Crippen LogP contribution in [-0.4, -0.2) is 119 Å². The number of carbonyl (C=O) groups excluding carboxylic acids is 7. The minimum atomic E-state index is -1.56.